The summed E-state index contributed by atoms with van der Waals surface area (Å²) in [5.41, 5.74) is 3.86. The Morgan fingerprint density at radius 3 is 1.91 bits per heavy atom. The molecule has 0 radical (unpaired) electrons. The molecule has 0 bridgehead atoms. The lowest BCUT2D eigenvalue weighted by Crippen LogP contribution is -2.06. The van der Waals surface area contributed by atoms with Crippen LogP contribution >= 0.6 is 23.5 Å². The molecule has 5 heteroatoms. The normalized spacial score (nSPS) is 10.9. The summed E-state index contributed by atoms with van der Waals surface area (Å²) < 4.78 is 1.92. The fourth-order valence-electron chi connectivity index (χ4n) is 3.78. The fourth-order valence-corrected chi connectivity index (χ4v) is 6.05. The highest BCUT2D eigenvalue weighted by molar-refractivity contribution is 8.14. The number of carbonyl (C=O) groups is 2. The minimum absolute atomic E-state index is 0.0442. The smallest absolute Gasteiger partial charge is 0.224 e. The molecule has 0 aliphatic rings. The van der Waals surface area contributed by atoms with Crippen molar-refractivity contribution >= 4 is 39.9 Å². The van der Waals surface area contributed by atoms with Gasteiger partial charge in [0.1, 0.15) is 5.69 Å². The van der Waals surface area contributed by atoms with Crippen LogP contribution in [-0.4, -0.2) is 15.3 Å². The topological polar surface area (TPSA) is 38.5 Å². The van der Waals surface area contributed by atoms with E-state index in [2.05, 4.69) is 12.1 Å². The molecule has 166 valence electrons. The Balaban J connectivity index is 1.64. The summed E-state index contributed by atoms with van der Waals surface area (Å²) in [6, 6.07) is 34.5. The van der Waals surface area contributed by atoms with Gasteiger partial charge in [0.05, 0.1) is 15.3 Å². The van der Waals surface area contributed by atoms with Crippen LogP contribution in [0.3, 0.4) is 0 Å². The van der Waals surface area contributed by atoms with Gasteiger partial charge in [0.2, 0.25) is 10.9 Å². The van der Waals surface area contributed by atoms with E-state index in [0.29, 0.717) is 22.6 Å². The van der Waals surface area contributed by atoms with Crippen LogP contribution in [0, 0.1) is 0 Å². The van der Waals surface area contributed by atoms with Crippen LogP contribution in [0.1, 0.15) is 32.0 Å². The number of carbonyl (C=O) groups excluding carboxylic acids is 2. The number of nitrogens with zero attached hydrogens (tertiary/aromatic N) is 1. The van der Waals surface area contributed by atoms with Gasteiger partial charge in [-0.3, -0.25) is 9.59 Å². The molecule has 0 amide bonds. The summed E-state index contributed by atoms with van der Waals surface area (Å²) in [5.74, 6) is 0.635. The van der Waals surface area contributed by atoms with Crippen molar-refractivity contribution in [3.05, 3.63) is 138 Å². The van der Waals surface area contributed by atoms with Crippen molar-refractivity contribution in [3.63, 3.8) is 0 Å². The maximum Gasteiger partial charge on any atom is 0.224 e. The Kier molecular flexibility index (Phi) is 6.65. The molecule has 0 atom stereocenters. The van der Waals surface area contributed by atoms with Crippen molar-refractivity contribution in [1.82, 2.24) is 4.40 Å². The molecule has 5 rings (SSSR count). The van der Waals surface area contributed by atoms with Gasteiger partial charge in [0, 0.05) is 23.1 Å². The molecule has 0 unspecified atom stereocenters. The van der Waals surface area contributed by atoms with Gasteiger partial charge in [-0.05, 0) is 29.5 Å². The molecule has 5 aromatic rings. The number of hydrogen-bond donors (Lipinski definition) is 0. The van der Waals surface area contributed by atoms with Crippen molar-refractivity contribution in [1.29, 1.82) is 0 Å². The fraction of sp³-hybridized carbons (Fsp3) is 0.0345. The van der Waals surface area contributed by atoms with Crippen LogP contribution in [0.25, 0.3) is 5.52 Å². The van der Waals surface area contributed by atoms with E-state index in [9.17, 15) is 9.59 Å². The average molecular weight is 480 g/mol. The van der Waals surface area contributed by atoms with Gasteiger partial charge >= 0.3 is 0 Å². The zero-order valence-corrected chi connectivity index (χ0v) is 19.9. The predicted octanol–water partition coefficient (Wildman–Crippen LogP) is 7.40. The molecule has 0 saturated carbocycles. The SMILES string of the molecule is O=C(Sc1c(SCc2ccccc2)c(C(=O)c2ccccc2)n2ccccc12)c1ccccc1. The lowest BCUT2D eigenvalue weighted by molar-refractivity contribution is 0.102. The number of hydrogen-bond acceptors (Lipinski definition) is 4. The standard InChI is InChI=1S/C29H21NO2S2/c31-26(22-14-6-2-7-15-22)25-28(33-20-21-12-4-1-5-13-21)27(24-18-10-11-19-30(24)25)34-29(32)23-16-8-3-9-17-23/h1-19H,20H2. The Morgan fingerprint density at radius 2 is 1.24 bits per heavy atom. The summed E-state index contributed by atoms with van der Waals surface area (Å²) in [6.07, 6.45) is 1.90. The maximum absolute atomic E-state index is 13.7. The molecule has 0 spiro atoms. The van der Waals surface area contributed by atoms with E-state index < -0.39 is 0 Å². The largest absolute Gasteiger partial charge is 0.312 e. The minimum Gasteiger partial charge on any atom is -0.312 e. The molecule has 0 fully saturated rings. The Hall–Kier alpha value is -3.54. The van der Waals surface area contributed by atoms with Gasteiger partial charge in [0.25, 0.3) is 0 Å². The van der Waals surface area contributed by atoms with Gasteiger partial charge in [-0.15, -0.1) is 11.8 Å². The third-order valence-electron chi connectivity index (χ3n) is 5.44. The van der Waals surface area contributed by atoms with Gasteiger partial charge in [-0.2, -0.15) is 0 Å². The van der Waals surface area contributed by atoms with Crippen molar-refractivity contribution in [2.24, 2.45) is 0 Å². The van der Waals surface area contributed by atoms with Crippen molar-refractivity contribution in [3.8, 4) is 0 Å². The first-order valence-electron chi connectivity index (χ1n) is 10.9. The molecular formula is C29H21NO2S2. The van der Waals surface area contributed by atoms with Gasteiger partial charge in [-0.25, -0.2) is 0 Å². The van der Waals surface area contributed by atoms with Crippen molar-refractivity contribution in [2.45, 2.75) is 15.5 Å². The predicted molar refractivity (Wildman–Crippen MR) is 140 cm³/mol. The number of fused-ring (bicyclic) bond motifs is 1. The van der Waals surface area contributed by atoms with Crippen molar-refractivity contribution in [2.75, 3.05) is 0 Å². The van der Waals surface area contributed by atoms with Crippen LogP contribution in [0.15, 0.2) is 125 Å². The van der Waals surface area contributed by atoms with Gasteiger partial charge in [0.15, 0.2) is 0 Å². The van der Waals surface area contributed by atoms with E-state index >= 15 is 0 Å². The first-order chi connectivity index (χ1) is 16.7. The molecule has 0 N–H and O–H groups in total. The monoisotopic (exact) mass is 479 g/mol. The first kappa shape index (κ1) is 22.3. The highest BCUT2D eigenvalue weighted by Crippen LogP contribution is 2.42. The first-order valence-corrected chi connectivity index (χ1v) is 12.7. The van der Waals surface area contributed by atoms with E-state index in [-0.39, 0.29) is 10.9 Å². The Morgan fingerprint density at radius 1 is 0.647 bits per heavy atom. The summed E-state index contributed by atoms with van der Waals surface area (Å²) in [6.45, 7) is 0. The number of aromatic nitrogens is 1. The third-order valence-corrected chi connectivity index (χ3v) is 7.77. The number of ketones is 1. The molecule has 2 heterocycles. The zero-order chi connectivity index (χ0) is 23.3. The van der Waals surface area contributed by atoms with Gasteiger partial charge in [-0.1, -0.05) is 97.1 Å². The molecule has 2 aromatic heterocycles. The molecule has 0 saturated heterocycles. The van der Waals surface area contributed by atoms with Crippen molar-refractivity contribution < 1.29 is 9.59 Å². The second-order valence-electron chi connectivity index (χ2n) is 7.69. The number of rotatable bonds is 7. The minimum atomic E-state index is -0.0589. The maximum atomic E-state index is 13.7. The lowest BCUT2D eigenvalue weighted by Gasteiger charge is -2.08. The average Bonchev–Trinajstić information content (AvgIpc) is 3.21. The van der Waals surface area contributed by atoms with E-state index in [1.54, 1.807) is 11.8 Å². The molecule has 3 nitrogen and oxygen atoms in total. The number of benzene rings is 3. The van der Waals surface area contributed by atoms with Crippen LogP contribution in [0.2, 0.25) is 0 Å². The Labute approximate surface area is 206 Å². The zero-order valence-electron chi connectivity index (χ0n) is 18.3. The lowest BCUT2D eigenvalue weighted by atomic mass is 10.1. The summed E-state index contributed by atoms with van der Waals surface area (Å²) in [7, 11) is 0. The second kappa shape index (κ2) is 10.2. The Bertz CT molecular complexity index is 1450. The van der Waals surface area contributed by atoms with E-state index in [0.717, 1.165) is 20.9 Å². The van der Waals surface area contributed by atoms with E-state index in [1.807, 2.05) is 108 Å². The summed E-state index contributed by atoms with van der Waals surface area (Å²) in [4.78, 5) is 28.6. The van der Waals surface area contributed by atoms with Crippen LogP contribution < -0.4 is 0 Å². The summed E-state index contributed by atoms with van der Waals surface area (Å²) in [5, 5.41) is -0.0442. The second-order valence-corrected chi connectivity index (χ2v) is 9.66. The number of pyridine rings is 1. The molecule has 0 aliphatic carbocycles. The van der Waals surface area contributed by atoms with E-state index in [4.69, 9.17) is 0 Å². The number of thioether (sulfide) groups is 2. The molecule has 0 aliphatic heterocycles. The molecule has 3 aromatic carbocycles. The van der Waals surface area contributed by atoms with Crippen LogP contribution in [-0.2, 0) is 5.75 Å². The highest BCUT2D eigenvalue weighted by atomic mass is 32.2. The quantitative estimate of drug-likeness (QED) is 0.180. The summed E-state index contributed by atoms with van der Waals surface area (Å²) >= 11 is 2.79. The van der Waals surface area contributed by atoms with Crippen LogP contribution in [0.5, 0.6) is 0 Å². The highest BCUT2D eigenvalue weighted by Gasteiger charge is 2.26. The third kappa shape index (κ3) is 4.58. The van der Waals surface area contributed by atoms with Gasteiger partial charge < -0.3 is 4.40 Å². The molecular weight excluding hydrogens is 458 g/mol. The van der Waals surface area contributed by atoms with E-state index in [1.165, 1.54) is 11.8 Å². The van der Waals surface area contributed by atoms with Crippen LogP contribution in [0.4, 0.5) is 0 Å². The molecule has 34 heavy (non-hydrogen) atoms.